The Balaban J connectivity index is 1.27. The van der Waals surface area contributed by atoms with Crippen LogP contribution in [-0.2, 0) is 9.53 Å². The van der Waals surface area contributed by atoms with E-state index < -0.39 is 23.8 Å². The highest BCUT2D eigenvalue weighted by molar-refractivity contribution is 5.87. The molecule has 0 saturated carbocycles. The number of ether oxygens (including phenoxy) is 2. The van der Waals surface area contributed by atoms with Crippen molar-refractivity contribution < 1.29 is 23.6 Å². The van der Waals surface area contributed by atoms with Crippen molar-refractivity contribution in [3.8, 4) is 11.8 Å². The largest absolute Gasteiger partial charge is 0.494 e. The molecular weight excluding hydrogens is 536 g/mol. The van der Waals surface area contributed by atoms with Gasteiger partial charge in [-0.05, 0) is 82.9 Å². The second-order valence-electron chi connectivity index (χ2n) is 12.5. The smallest absolute Gasteiger partial charge is 0.408 e. The summed E-state index contributed by atoms with van der Waals surface area (Å²) in [6, 6.07) is 8.56. The van der Waals surface area contributed by atoms with E-state index in [1.807, 2.05) is 12.1 Å². The molecule has 2 aliphatic heterocycles. The summed E-state index contributed by atoms with van der Waals surface area (Å²) in [5.41, 5.74) is -0.101. The zero-order valence-electron chi connectivity index (χ0n) is 25.5. The molecule has 11 heteroatoms. The average Bonchev–Trinajstić information content (AvgIpc) is 3.64. The first kappa shape index (κ1) is 31.1. The number of likely N-dealkylation sites (tertiary alicyclic amines) is 1. The number of carbonyl (C=O) groups is 2. The quantitative estimate of drug-likeness (QED) is 0.369. The van der Waals surface area contributed by atoms with Crippen molar-refractivity contribution in [3.63, 3.8) is 0 Å². The van der Waals surface area contributed by atoms with Crippen molar-refractivity contribution in [2.45, 2.75) is 96.7 Å². The van der Waals surface area contributed by atoms with Crippen molar-refractivity contribution in [1.82, 2.24) is 20.4 Å². The molecule has 2 saturated heterocycles. The molecule has 0 bridgehead atoms. The van der Waals surface area contributed by atoms with E-state index in [9.17, 15) is 14.9 Å². The first-order chi connectivity index (χ1) is 20.0. The predicted octanol–water partition coefficient (Wildman–Crippen LogP) is 5.35. The fourth-order valence-electron chi connectivity index (χ4n) is 5.36. The number of hydrogen-bond acceptors (Lipinski definition) is 9. The zero-order chi connectivity index (χ0) is 30.3. The first-order valence-electron chi connectivity index (χ1n) is 15.0. The van der Waals surface area contributed by atoms with Gasteiger partial charge in [-0.25, -0.2) is 4.79 Å². The maximum absolute atomic E-state index is 13.4. The van der Waals surface area contributed by atoms with Crippen LogP contribution in [0.2, 0.25) is 0 Å². The highest BCUT2D eigenvalue weighted by Crippen LogP contribution is 2.28. The summed E-state index contributed by atoms with van der Waals surface area (Å²) >= 11 is 0. The van der Waals surface area contributed by atoms with Gasteiger partial charge in [-0.2, -0.15) is 10.2 Å². The number of rotatable bonds is 10. The predicted molar refractivity (Wildman–Crippen MR) is 157 cm³/mol. The minimum atomic E-state index is -0.960. The molecule has 0 aliphatic carbocycles. The van der Waals surface area contributed by atoms with Crippen LogP contribution >= 0.6 is 0 Å². The molecule has 1 aromatic carbocycles. The van der Waals surface area contributed by atoms with Gasteiger partial charge in [0.15, 0.2) is 5.82 Å². The molecule has 2 amide bonds. The molecular formula is C31H44N6O5. The molecule has 0 spiro atoms. The molecule has 2 atom stereocenters. The van der Waals surface area contributed by atoms with Gasteiger partial charge in [-0.1, -0.05) is 31.1 Å². The van der Waals surface area contributed by atoms with Gasteiger partial charge in [0.05, 0.1) is 12.7 Å². The minimum Gasteiger partial charge on any atom is -0.494 e. The number of hydrogen-bond donors (Lipinski definition) is 1. The molecule has 42 heavy (non-hydrogen) atoms. The van der Waals surface area contributed by atoms with Crippen LogP contribution in [0.15, 0.2) is 28.8 Å². The molecule has 1 unspecified atom stereocenters. The van der Waals surface area contributed by atoms with Crippen LogP contribution in [0.1, 0.15) is 96.5 Å². The Morgan fingerprint density at radius 3 is 2.48 bits per heavy atom. The van der Waals surface area contributed by atoms with E-state index >= 15 is 0 Å². The molecule has 1 aromatic heterocycles. The van der Waals surface area contributed by atoms with E-state index in [1.54, 1.807) is 37.8 Å². The molecule has 1 N–H and O–H groups in total. The van der Waals surface area contributed by atoms with Crippen LogP contribution in [0, 0.1) is 17.2 Å². The number of amides is 2. The SMILES string of the molecule is CC(C)c1noc(N2CCC(CCCOc3ccc([C@@H](NC(=O)OC(C)(C)C)C(=O)N4CCCC4C#N)cc3)CC2)n1. The summed E-state index contributed by atoms with van der Waals surface area (Å²) in [6.45, 7) is 12.3. The number of aromatic nitrogens is 2. The summed E-state index contributed by atoms with van der Waals surface area (Å²) in [5, 5.41) is 16.3. The summed E-state index contributed by atoms with van der Waals surface area (Å²) in [4.78, 5) is 34.3. The number of nitriles is 1. The van der Waals surface area contributed by atoms with Crippen molar-refractivity contribution in [2.24, 2.45) is 5.92 Å². The van der Waals surface area contributed by atoms with Gasteiger partial charge in [0, 0.05) is 25.6 Å². The van der Waals surface area contributed by atoms with Gasteiger partial charge in [0.25, 0.3) is 5.91 Å². The number of carbonyl (C=O) groups excluding carboxylic acids is 2. The number of benzene rings is 1. The normalized spacial score (nSPS) is 18.5. The van der Waals surface area contributed by atoms with Crippen LogP contribution in [0.5, 0.6) is 5.75 Å². The second kappa shape index (κ2) is 13.9. The number of nitrogens with zero attached hydrogens (tertiary/aromatic N) is 5. The van der Waals surface area contributed by atoms with Crippen LogP contribution in [0.25, 0.3) is 0 Å². The summed E-state index contributed by atoms with van der Waals surface area (Å²) in [7, 11) is 0. The Kier molecular flexibility index (Phi) is 10.3. The Hall–Kier alpha value is -3.81. The lowest BCUT2D eigenvalue weighted by Gasteiger charge is -2.30. The molecule has 11 nitrogen and oxygen atoms in total. The first-order valence-corrected chi connectivity index (χ1v) is 15.0. The van der Waals surface area contributed by atoms with Gasteiger partial charge in [-0.15, -0.1) is 0 Å². The summed E-state index contributed by atoms with van der Waals surface area (Å²) in [5.74, 6) is 2.02. The third kappa shape index (κ3) is 8.37. The van der Waals surface area contributed by atoms with E-state index in [1.165, 1.54) is 0 Å². The summed E-state index contributed by atoms with van der Waals surface area (Å²) < 4.78 is 16.8. The third-order valence-electron chi connectivity index (χ3n) is 7.66. The Morgan fingerprint density at radius 2 is 1.86 bits per heavy atom. The maximum Gasteiger partial charge on any atom is 0.408 e. The molecule has 228 valence electrons. The standard InChI is InChI=1S/C31H44N6O5/c1-21(2)27-34-29(42-35-27)36-17-14-22(15-18-36)8-7-19-40-25-12-10-23(11-13-25)26(33-30(39)41-31(3,4)5)28(38)37-16-6-9-24(37)20-32/h10-13,21-22,24,26H,6-9,14-19H2,1-5H3,(H,33,39)/t24?,26-/m1/s1. The van der Waals surface area contributed by atoms with Crippen LogP contribution in [-0.4, -0.2) is 64.9 Å². The second-order valence-corrected chi connectivity index (χ2v) is 12.5. The van der Waals surface area contributed by atoms with Crippen LogP contribution in [0.3, 0.4) is 0 Å². The lowest BCUT2D eigenvalue weighted by atomic mass is 9.92. The molecule has 0 radical (unpaired) electrons. The maximum atomic E-state index is 13.4. The zero-order valence-corrected chi connectivity index (χ0v) is 25.5. The topological polar surface area (TPSA) is 134 Å². The number of piperidine rings is 1. The lowest BCUT2D eigenvalue weighted by Crippen LogP contribution is -2.45. The summed E-state index contributed by atoms with van der Waals surface area (Å²) in [6.07, 6.45) is 4.89. The number of alkyl carbamates (subject to hydrolysis) is 1. The minimum absolute atomic E-state index is 0.251. The fraction of sp³-hybridized carbons (Fsp3) is 0.645. The van der Waals surface area contributed by atoms with E-state index in [0.717, 1.165) is 51.0 Å². The van der Waals surface area contributed by atoms with Crippen molar-refractivity contribution in [3.05, 3.63) is 35.7 Å². The molecule has 4 rings (SSSR count). The Morgan fingerprint density at radius 1 is 1.14 bits per heavy atom. The van der Waals surface area contributed by atoms with E-state index in [0.29, 0.717) is 42.8 Å². The lowest BCUT2D eigenvalue weighted by molar-refractivity contribution is -0.133. The van der Waals surface area contributed by atoms with Crippen molar-refractivity contribution in [2.75, 3.05) is 31.1 Å². The van der Waals surface area contributed by atoms with Crippen molar-refractivity contribution in [1.29, 1.82) is 5.26 Å². The monoisotopic (exact) mass is 580 g/mol. The third-order valence-corrected chi connectivity index (χ3v) is 7.66. The molecule has 2 fully saturated rings. The Bertz CT molecular complexity index is 1220. The number of nitrogens with one attached hydrogen (secondary N) is 1. The van der Waals surface area contributed by atoms with Gasteiger partial charge in [0.2, 0.25) is 0 Å². The average molecular weight is 581 g/mol. The molecule has 2 aromatic rings. The van der Waals surface area contributed by atoms with Gasteiger partial charge >= 0.3 is 12.1 Å². The van der Waals surface area contributed by atoms with Gasteiger partial charge in [0.1, 0.15) is 23.4 Å². The fourth-order valence-corrected chi connectivity index (χ4v) is 5.36. The highest BCUT2D eigenvalue weighted by atomic mass is 16.6. The molecule has 3 heterocycles. The van der Waals surface area contributed by atoms with Gasteiger partial charge in [-0.3, -0.25) is 4.79 Å². The van der Waals surface area contributed by atoms with Crippen molar-refractivity contribution >= 4 is 18.0 Å². The van der Waals surface area contributed by atoms with E-state index in [-0.39, 0.29) is 11.8 Å². The van der Waals surface area contributed by atoms with Gasteiger partial charge < -0.3 is 29.1 Å². The number of anilines is 1. The highest BCUT2D eigenvalue weighted by Gasteiger charge is 2.35. The Labute approximate surface area is 248 Å². The molecule has 2 aliphatic rings. The van der Waals surface area contributed by atoms with E-state index in [2.05, 4.69) is 40.3 Å². The van der Waals surface area contributed by atoms with Crippen LogP contribution < -0.4 is 15.0 Å². The van der Waals surface area contributed by atoms with E-state index in [4.69, 9.17) is 14.0 Å². The van der Waals surface area contributed by atoms with Crippen LogP contribution in [0.4, 0.5) is 10.8 Å².